The molecule has 0 radical (unpaired) electrons. The normalized spacial score (nSPS) is 11.4. The van der Waals surface area contributed by atoms with Crippen molar-refractivity contribution in [1.29, 1.82) is 0 Å². The molecule has 0 spiro atoms. The lowest BCUT2D eigenvalue weighted by atomic mass is 10.1. The monoisotopic (exact) mass is 730 g/mol. The quantitative estimate of drug-likeness (QED) is 0.100. The average Bonchev–Trinajstić information content (AvgIpc) is 3.44. The van der Waals surface area contributed by atoms with Gasteiger partial charge in [-0.2, -0.15) is 5.10 Å². The van der Waals surface area contributed by atoms with Crippen molar-refractivity contribution in [1.82, 2.24) is 19.5 Å². The largest absolute Gasteiger partial charge is 0.457 e. The van der Waals surface area contributed by atoms with Crippen LogP contribution in [0.5, 0.6) is 11.5 Å². The molecular weight excluding hydrogens is 703 g/mol. The van der Waals surface area contributed by atoms with Crippen LogP contribution in [0.4, 0.5) is 11.4 Å². The third kappa shape index (κ3) is 7.54. The molecule has 15 heteroatoms. The van der Waals surface area contributed by atoms with E-state index in [1.165, 1.54) is 16.8 Å². The van der Waals surface area contributed by atoms with E-state index in [0.717, 1.165) is 28.3 Å². The third-order valence-corrected chi connectivity index (χ3v) is 9.89. The number of nitrogens with zero attached hydrogens (tertiary/aromatic N) is 4. The zero-order valence-electron chi connectivity index (χ0n) is 26.6. The lowest BCUT2D eigenvalue weighted by Gasteiger charge is -2.12. The summed E-state index contributed by atoms with van der Waals surface area (Å²) < 4.78 is 36.4. The summed E-state index contributed by atoms with van der Waals surface area (Å²) in [5, 5.41) is 20.8. The number of benzene rings is 4. The number of halogens is 2. The number of pyridine rings is 1. The Kier molecular flexibility index (Phi) is 9.73. The smallest absolute Gasteiger partial charge is 0.293 e. The topological polar surface area (TPSA) is 158 Å². The molecule has 0 aliphatic heterocycles. The number of aromatic nitrogens is 3. The number of sulfonamides is 1. The van der Waals surface area contributed by atoms with Crippen LogP contribution < -0.4 is 14.8 Å². The zero-order valence-corrected chi connectivity index (χ0v) is 28.9. The molecule has 6 aromatic rings. The van der Waals surface area contributed by atoms with Crippen molar-refractivity contribution >= 4 is 61.4 Å². The lowest BCUT2D eigenvalue weighted by molar-refractivity contribution is -0.384. The number of fused-ring (bicyclic) bond motifs is 1. The van der Waals surface area contributed by atoms with E-state index >= 15 is 0 Å². The third-order valence-electron chi connectivity index (χ3n) is 7.73. The van der Waals surface area contributed by atoms with Gasteiger partial charge in [-0.15, -0.1) is 0 Å². The second-order valence-electron chi connectivity index (χ2n) is 11.4. The van der Waals surface area contributed by atoms with E-state index in [0.29, 0.717) is 32.4 Å². The minimum absolute atomic E-state index is 0.0445. The summed E-state index contributed by atoms with van der Waals surface area (Å²) in [5.74, 6) is 0.224. The van der Waals surface area contributed by atoms with Crippen LogP contribution in [-0.2, 0) is 23.1 Å². The Morgan fingerprint density at radius 1 is 0.940 bits per heavy atom. The van der Waals surface area contributed by atoms with Crippen molar-refractivity contribution in [2.24, 2.45) is 0 Å². The highest BCUT2D eigenvalue weighted by Gasteiger charge is 2.27. The summed E-state index contributed by atoms with van der Waals surface area (Å²) in [4.78, 5) is 28.5. The van der Waals surface area contributed by atoms with Crippen LogP contribution in [0.2, 0.25) is 10.0 Å². The number of aryl methyl sites for hydroxylation is 2. The number of nitrogens with one attached hydrogen (secondary N) is 2. The summed E-state index contributed by atoms with van der Waals surface area (Å²) in [5.41, 5.74) is 3.22. The standard InChI is InChI=1S/C35H28Cl2N6O6S/c1-21-14-27(15-22(2)33(21)37)49-26-8-5-23(6-9-26)20-42-34(29-11-7-25(36)16-31(29)40-42)35(44)41-50(47,48)28-10-12-30(32(17-28)43(45)46)39-19-24-4-3-13-38-18-24/h3-18,39H,19-20H2,1-2H3,(H,41,44). The summed E-state index contributed by atoms with van der Waals surface area (Å²) in [6.45, 7) is 4.11. The highest BCUT2D eigenvalue weighted by Crippen LogP contribution is 2.31. The van der Waals surface area contributed by atoms with Crippen molar-refractivity contribution in [3.63, 3.8) is 0 Å². The fourth-order valence-corrected chi connectivity index (χ4v) is 6.55. The van der Waals surface area contributed by atoms with E-state index in [2.05, 4.69) is 20.1 Å². The van der Waals surface area contributed by atoms with Gasteiger partial charge in [0.2, 0.25) is 0 Å². The van der Waals surface area contributed by atoms with Gasteiger partial charge in [-0.25, -0.2) is 13.1 Å². The number of hydrogen-bond acceptors (Lipinski definition) is 9. The summed E-state index contributed by atoms with van der Waals surface area (Å²) in [6.07, 6.45) is 3.20. The maximum atomic E-state index is 13.7. The van der Waals surface area contributed by atoms with Crippen LogP contribution in [-0.4, -0.2) is 34.0 Å². The Morgan fingerprint density at radius 2 is 1.68 bits per heavy atom. The molecule has 0 aliphatic carbocycles. The van der Waals surface area contributed by atoms with Gasteiger partial charge >= 0.3 is 0 Å². The van der Waals surface area contributed by atoms with Gasteiger partial charge in [-0.05, 0) is 96.8 Å². The molecule has 0 fully saturated rings. The predicted octanol–water partition coefficient (Wildman–Crippen LogP) is 7.83. The van der Waals surface area contributed by atoms with Gasteiger partial charge in [0.1, 0.15) is 22.9 Å². The first-order valence-electron chi connectivity index (χ1n) is 15.1. The highest BCUT2D eigenvalue weighted by molar-refractivity contribution is 7.90. The van der Waals surface area contributed by atoms with Crippen LogP contribution in [0, 0.1) is 24.0 Å². The van der Waals surface area contributed by atoms with Crippen LogP contribution in [0.3, 0.4) is 0 Å². The molecule has 6 rings (SSSR count). The van der Waals surface area contributed by atoms with Crippen molar-refractivity contribution in [3.8, 4) is 11.5 Å². The molecule has 254 valence electrons. The molecule has 0 saturated carbocycles. The van der Waals surface area contributed by atoms with Gasteiger partial charge in [0.05, 0.1) is 21.9 Å². The number of anilines is 1. The minimum Gasteiger partial charge on any atom is -0.457 e. The van der Waals surface area contributed by atoms with Crippen molar-refractivity contribution < 1.29 is 22.9 Å². The van der Waals surface area contributed by atoms with Crippen LogP contribution >= 0.6 is 23.2 Å². The SMILES string of the molecule is Cc1cc(Oc2ccc(Cn3nc4cc(Cl)ccc4c3C(=O)NS(=O)(=O)c3ccc(NCc4cccnc4)c([N+](=O)[O-])c3)cc2)cc(C)c1Cl. The fraction of sp³-hybridized carbons (Fsp3) is 0.114. The molecule has 12 nitrogen and oxygen atoms in total. The number of amides is 1. The molecule has 2 N–H and O–H groups in total. The molecule has 1 amide bonds. The number of rotatable bonds is 11. The Bertz CT molecular complexity index is 2340. The van der Waals surface area contributed by atoms with E-state index < -0.39 is 31.4 Å². The first-order chi connectivity index (χ1) is 23.9. The molecule has 0 unspecified atom stereocenters. The number of nitro groups is 1. The molecular formula is C35H28Cl2N6O6S. The van der Waals surface area contributed by atoms with Crippen molar-refractivity contribution in [2.45, 2.75) is 31.8 Å². The van der Waals surface area contributed by atoms with E-state index in [1.54, 1.807) is 67.0 Å². The van der Waals surface area contributed by atoms with Crippen LogP contribution in [0.25, 0.3) is 10.9 Å². The van der Waals surface area contributed by atoms with Crippen molar-refractivity contribution in [2.75, 3.05) is 5.32 Å². The van der Waals surface area contributed by atoms with E-state index in [4.69, 9.17) is 27.9 Å². The molecule has 50 heavy (non-hydrogen) atoms. The summed E-state index contributed by atoms with van der Waals surface area (Å²) >= 11 is 12.5. The Balaban J connectivity index is 1.25. The van der Waals surface area contributed by atoms with Gasteiger partial charge in [0, 0.05) is 40.4 Å². The highest BCUT2D eigenvalue weighted by atomic mass is 35.5. The van der Waals surface area contributed by atoms with Gasteiger partial charge in [-0.3, -0.25) is 24.6 Å². The fourth-order valence-electron chi connectivity index (χ4n) is 5.31. The second-order valence-corrected chi connectivity index (χ2v) is 13.9. The van der Waals surface area contributed by atoms with Crippen LogP contribution in [0.1, 0.15) is 32.7 Å². The number of nitro benzene ring substituents is 1. The summed E-state index contributed by atoms with van der Waals surface area (Å²) in [7, 11) is -4.57. The molecule has 0 atom stereocenters. The summed E-state index contributed by atoms with van der Waals surface area (Å²) in [6, 6.07) is 22.4. The number of ether oxygens (including phenoxy) is 1. The molecule has 0 bridgehead atoms. The Hall–Kier alpha value is -5.50. The Morgan fingerprint density at radius 3 is 2.36 bits per heavy atom. The maximum Gasteiger partial charge on any atom is 0.293 e. The number of carbonyl (C=O) groups excluding carboxylic acids is 1. The minimum atomic E-state index is -4.57. The van der Waals surface area contributed by atoms with Gasteiger partial charge < -0.3 is 10.1 Å². The second kappa shape index (κ2) is 14.2. The van der Waals surface area contributed by atoms with Crippen LogP contribution in [0.15, 0.2) is 102 Å². The molecule has 2 heterocycles. The Labute approximate surface area is 296 Å². The predicted molar refractivity (Wildman–Crippen MR) is 191 cm³/mol. The number of hydrogen-bond donors (Lipinski definition) is 2. The van der Waals surface area contributed by atoms with Gasteiger partial charge in [0.25, 0.3) is 21.6 Å². The van der Waals surface area contributed by atoms with Crippen molar-refractivity contribution in [3.05, 3.63) is 145 Å². The number of carbonyl (C=O) groups is 1. The molecule has 0 aliphatic rings. The molecule has 0 saturated heterocycles. The van der Waals surface area contributed by atoms with Gasteiger partial charge in [0.15, 0.2) is 0 Å². The maximum absolute atomic E-state index is 13.7. The van der Waals surface area contributed by atoms with E-state index in [-0.39, 0.29) is 24.5 Å². The molecule has 4 aromatic carbocycles. The average molecular weight is 732 g/mol. The lowest BCUT2D eigenvalue weighted by Crippen LogP contribution is -2.32. The first kappa shape index (κ1) is 34.4. The van der Waals surface area contributed by atoms with Gasteiger partial charge in [-0.1, -0.05) is 41.4 Å². The van der Waals surface area contributed by atoms with E-state index in [1.807, 2.05) is 26.0 Å². The molecule has 2 aromatic heterocycles. The first-order valence-corrected chi connectivity index (χ1v) is 17.3. The zero-order chi connectivity index (χ0) is 35.6. The van der Waals surface area contributed by atoms with E-state index in [9.17, 15) is 23.3 Å².